The maximum Gasteiger partial charge on any atom is 0.238 e. The van der Waals surface area contributed by atoms with Gasteiger partial charge in [0.2, 0.25) is 5.91 Å². The number of hydrogen-bond donors (Lipinski definition) is 2. The van der Waals surface area contributed by atoms with Crippen LogP contribution >= 0.6 is 0 Å². The molecule has 140 valence electrons. The Morgan fingerprint density at radius 2 is 1.96 bits per heavy atom. The Balaban J connectivity index is 1.97. The largest absolute Gasteiger partial charge is 0.497 e. The Morgan fingerprint density at radius 3 is 2.67 bits per heavy atom. The van der Waals surface area contributed by atoms with E-state index in [9.17, 15) is 9.59 Å². The normalized spacial score (nSPS) is 14.1. The molecule has 0 unspecified atom stereocenters. The van der Waals surface area contributed by atoms with Crippen molar-refractivity contribution in [2.75, 3.05) is 19.0 Å². The summed E-state index contributed by atoms with van der Waals surface area (Å²) in [4.78, 5) is 24.8. The number of nitrogens with one attached hydrogen (secondary N) is 1. The van der Waals surface area contributed by atoms with Crippen LogP contribution in [-0.4, -0.2) is 30.9 Å². The van der Waals surface area contributed by atoms with Gasteiger partial charge in [0.1, 0.15) is 17.1 Å². The number of carbonyl (C=O) groups excluding carboxylic acids is 2. The number of carbonyl (C=O) groups is 2. The summed E-state index contributed by atoms with van der Waals surface area (Å²) in [6.45, 7) is 3.76. The van der Waals surface area contributed by atoms with Crippen molar-refractivity contribution in [3.63, 3.8) is 0 Å². The van der Waals surface area contributed by atoms with Crippen LogP contribution in [0.2, 0.25) is 0 Å². The predicted molar refractivity (Wildman–Crippen MR) is 104 cm³/mol. The number of ketones is 1. The summed E-state index contributed by atoms with van der Waals surface area (Å²) in [5.41, 5.74) is 7.05. The van der Waals surface area contributed by atoms with E-state index in [4.69, 9.17) is 15.2 Å². The van der Waals surface area contributed by atoms with Gasteiger partial charge in [0.25, 0.3) is 0 Å². The SMILES string of the molecule is COc1ccc(C(=O)c2ccc3c(c2)C=CC(C)(C)O3)c(NC(=O)CN)c1. The molecule has 0 saturated heterocycles. The van der Waals surface area contributed by atoms with Gasteiger partial charge < -0.3 is 20.5 Å². The van der Waals surface area contributed by atoms with E-state index < -0.39 is 0 Å². The van der Waals surface area contributed by atoms with Gasteiger partial charge in [-0.1, -0.05) is 6.08 Å². The number of fused-ring (bicyclic) bond motifs is 1. The smallest absolute Gasteiger partial charge is 0.238 e. The second-order valence-electron chi connectivity index (χ2n) is 6.78. The van der Waals surface area contributed by atoms with E-state index in [0.717, 1.165) is 11.3 Å². The van der Waals surface area contributed by atoms with Gasteiger partial charge >= 0.3 is 0 Å². The average Bonchev–Trinajstić information content (AvgIpc) is 2.66. The molecule has 2 aromatic carbocycles. The van der Waals surface area contributed by atoms with Crippen molar-refractivity contribution in [3.8, 4) is 11.5 Å². The van der Waals surface area contributed by atoms with Gasteiger partial charge in [0, 0.05) is 22.8 Å². The van der Waals surface area contributed by atoms with Gasteiger partial charge in [-0.15, -0.1) is 0 Å². The van der Waals surface area contributed by atoms with Gasteiger partial charge in [-0.05, 0) is 50.3 Å². The van der Waals surface area contributed by atoms with E-state index in [-0.39, 0.29) is 23.8 Å². The molecule has 2 aromatic rings. The molecule has 1 aliphatic rings. The van der Waals surface area contributed by atoms with E-state index in [1.54, 1.807) is 36.4 Å². The van der Waals surface area contributed by atoms with Crippen molar-refractivity contribution in [2.45, 2.75) is 19.4 Å². The number of ether oxygens (including phenoxy) is 2. The Bertz CT molecular complexity index is 932. The van der Waals surface area contributed by atoms with Crippen LogP contribution < -0.4 is 20.5 Å². The van der Waals surface area contributed by atoms with Gasteiger partial charge in [-0.3, -0.25) is 9.59 Å². The van der Waals surface area contributed by atoms with Crippen LogP contribution in [0.1, 0.15) is 35.3 Å². The Hall–Kier alpha value is -3.12. The quantitative estimate of drug-likeness (QED) is 0.794. The van der Waals surface area contributed by atoms with Crippen molar-refractivity contribution in [3.05, 3.63) is 59.2 Å². The Kier molecular flexibility index (Phi) is 5.01. The third-order valence-corrected chi connectivity index (χ3v) is 4.24. The highest BCUT2D eigenvalue weighted by molar-refractivity contribution is 6.14. The number of rotatable bonds is 5. The molecular weight excluding hydrogens is 344 g/mol. The van der Waals surface area contributed by atoms with E-state index in [1.807, 2.05) is 26.0 Å². The number of benzene rings is 2. The summed E-state index contributed by atoms with van der Waals surface area (Å²) >= 11 is 0. The van der Waals surface area contributed by atoms with E-state index in [1.165, 1.54) is 7.11 Å². The van der Waals surface area contributed by atoms with E-state index in [0.29, 0.717) is 22.6 Å². The van der Waals surface area contributed by atoms with Crippen molar-refractivity contribution in [1.29, 1.82) is 0 Å². The molecule has 27 heavy (non-hydrogen) atoms. The molecule has 3 N–H and O–H groups in total. The lowest BCUT2D eigenvalue weighted by atomic mass is 9.96. The minimum atomic E-state index is -0.388. The fourth-order valence-corrected chi connectivity index (χ4v) is 2.83. The lowest BCUT2D eigenvalue weighted by Crippen LogP contribution is -2.27. The number of methoxy groups -OCH3 is 1. The standard InChI is InChI=1S/C21H22N2O4/c1-21(2)9-8-13-10-14(4-7-18(13)27-21)20(25)16-6-5-15(26-3)11-17(16)23-19(24)12-22/h4-11H,12,22H2,1-3H3,(H,23,24). The number of anilines is 1. The zero-order chi connectivity index (χ0) is 19.6. The first-order valence-electron chi connectivity index (χ1n) is 8.58. The van der Waals surface area contributed by atoms with Crippen LogP contribution in [0.15, 0.2) is 42.5 Å². The molecule has 0 aliphatic carbocycles. The fourth-order valence-electron chi connectivity index (χ4n) is 2.83. The molecule has 0 radical (unpaired) electrons. The monoisotopic (exact) mass is 366 g/mol. The average molecular weight is 366 g/mol. The van der Waals surface area contributed by atoms with Gasteiger partial charge in [-0.2, -0.15) is 0 Å². The van der Waals surface area contributed by atoms with Gasteiger partial charge in [-0.25, -0.2) is 0 Å². The van der Waals surface area contributed by atoms with Crippen molar-refractivity contribution in [1.82, 2.24) is 0 Å². The maximum atomic E-state index is 13.1. The first-order chi connectivity index (χ1) is 12.8. The van der Waals surface area contributed by atoms with Crippen molar-refractivity contribution in [2.24, 2.45) is 5.73 Å². The van der Waals surface area contributed by atoms with Crippen LogP contribution in [0.4, 0.5) is 5.69 Å². The third kappa shape index (κ3) is 4.01. The highest BCUT2D eigenvalue weighted by Gasteiger charge is 2.23. The molecule has 1 heterocycles. The third-order valence-electron chi connectivity index (χ3n) is 4.24. The van der Waals surface area contributed by atoms with Crippen LogP contribution in [0.3, 0.4) is 0 Å². The molecular formula is C21H22N2O4. The molecule has 1 amide bonds. The molecule has 0 saturated carbocycles. The first-order valence-corrected chi connectivity index (χ1v) is 8.58. The second kappa shape index (κ2) is 7.25. The van der Waals surface area contributed by atoms with Crippen LogP contribution in [0.5, 0.6) is 11.5 Å². The summed E-state index contributed by atoms with van der Waals surface area (Å²) in [5, 5.41) is 2.66. The zero-order valence-electron chi connectivity index (χ0n) is 15.5. The minimum absolute atomic E-state index is 0.179. The molecule has 0 bridgehead atoms. The van der Waals surface area contributed by atoms with Gasteiger partial charge in [0.15, 0.2) is 5.78 Å². The van der Waals surface area contributed by atoms with Gasteiger partial charge in [0.05, 0.1) is 19.3 Å². The lowest BCUT2D eigenvalue weighted by Gasteiger charge is -2.28. The molecule has 6 heteroatoms. The van der Waals surface area contributed by atoms with Crippen molar-refractivity contribution >= 4 is 23.5 Å². The van der Waals surface area contributed by atoms with E-state index >= 15 is 0 Å². The Morgan fingerprint density at radius 1 is 1.19 bits per heavy atom. The predicted octanol–water partition coefficient (Wildman–Crippen LogP) is 3.01. The topological polar surface area (TPSA) is 90.6 Å². The van der Waals surface area contributed by atoms with Crippen LogP contribution in [-0.2, 0) is 4.79 Å². The molecule has 6 nitrogen and oxygen atoms in total. The zero-order valence-corrected chi connectivity index (χ0v) is 15.5. The summed E-state index contributed by atoms with van der Waals surface area (Å²) in [5.74, 6) is 0.653. The summed E-state index contributed by atoms with van der Waals surface area (Å²) in [7, 11) is 1.52. The minimum Gasteiger partial charge on any atom is -0.497 e. The molecule has 0 spiro atoms. The molecule has 1 aliphatic heterocycles. The second-order valence-corrected chi connectivity index (χ2v) is 6.78. The summed E-state index contributed by atoms with van der Waals surface area (Å²) in [6, 6.07) is 10.2. The molecule has 0 atom stereocenters. The Labute approximate surface area is 158 Å². The van der Waals surface area contributed by atoms with E-state index in [2.05, 4.69) is 5.32 Å². The summed E-state index contributed by atoms with van der Waals surface area (Å²) in [6.07, 6.45) is 3.89. The fraction of sp³-hybridized carbons (Fsp3) is 0.238. The first kappa shape index (κ1) is 18.7. The number of nitrogens with two attached hydrogens (primary N) is 1. The summed E-state index contributed by atoms with van der Waals surface area (Å²) < 4.78 is 11.1. The molecule has 3 rings (SSSR count). The molecule has 0 fully saturated rings. The van der Waals surface area contributed by atoms with Crippen LogP contribution in [0.25, 0.3) is 6.08 Å². The highest BCUT2D eigenvalue weighted by Crippen LogP contribution is 2.32. The molecule has 0 aromatic heterocycles. The number of hydrogen-bond acceptors (Lipinski definition) is 5. The van der Waals surface area contributed by atoms with Crippen LogP contribution in [0, 0.1) is 0 Å². The highest BCUT2D eigenvalue weighted by atomic mass is 16.5. The number of amides is 1. The van der Waals surface area contributed by atoms with Crippen molar-refractivity contribution < 1.29 is 19.1 Å². The lowest BCUT2D eigenvalue weighted by molar-refractivity contribution is -0.114. The maximum absolute atomic E-state index is 13.1.